The lowest BCUT2D eigenvalue weighted by Gasteiger charge is -2.32. The predicted octanol–water partition coefficient (Wildman–Crippen LogP) is 1.79. The van der Waals surface area contributed by atoms with E-state index in [1.165, 1.54) is 6.07 Å². The third-order valence-electron chi connectivity index (χ3n) is 4.73. The Balaban J connectivity index is 2.19. The zero-order chi connectivity index (χ0) is 17.0. The normalized spacial score (nSPS) is 20.1. The number of nitrogens with two attached hydrogens (primary N) is 1. The molecule has 0 amide bonds. The highest BCUT2D eigenvalue weighted by Gasteiger charge is 2.52. The predicted molar refractivity (Wildman–Crippen MR) is 91.0 cm³/mol. The van der Waals surface area contributed by atoms with Gasteiger partial charge in [-0.3, -0.25) is 0 Å². The molecule has 0 aromatic heterocycles. The van der Waals surface area contributed by atoms with Gasteiger partial charge in [0.2, 0.25) is 10.0 Å². The summed E-state index contributed by atoms with van der Waals surface area (Å²) in [5, 5.41) is 6.66. The highest BCUT2D eigenvalue weighted by atomic mass is 32.2. The monoisotopic (exact) mass is 333 g/mol. The van der Waals surface area contributed by atoms with Crippen LogP contribution in [0.5, 0.6) is 0 Å². The first-order chi connectivity index (χ1) is 10.5. The molecule has 0 aliphatic carbocycles. The second kappa shape index (κ2) is 5.04. The Kier molecular flexibility index (Phi) is 3.61. The number of primary sulfonamides is 1. The summed E-state index contributed by atoms with van der Waals surface area (Å²) in [6, 6.07) is 10.4. The smallest absolute Gasteiger partial charge is 0.399 e. The van der Waals surface area contributed by atoms with E-state index in [-0.39, 0.29) is 4.90 Å². The maximum Gasteiger partial charge on any atom is 0.495 e. The van der Waals surface area contributed by atoms with Gasteiger partial charge in [0.15, 0.2) is 0 Å². The minimum Gasteiger partial charge on any atom is -0.399 e. The molecular formula is C16H20BNO4S. The summed E-state index contributed by atoms with van der Waals surface area (Å²) >= 11 is 0. The van der Waals surface area contributed by atoms with Gasteiger partial charge in [0, 0.05) is 5.39 Å². The van der Waals surface area contributed by atoms with Crippen molar-refractivity contribution in [3.8, 4) is 0 Å². The summed E-state index contributed by atoms with van der Waals surface area (Å²) < 4.78 is 35.8. The fourth-order valence-corrected chi connectivity index (χ4v) is 3.46. The molecule has 1 heterocycles. The maximum absolute atomic E-state index is 11.8. The van der Waals surface area contributed by atoms with E-state index in [0.717, 1.165) is 10.8 Å². The standard InChI is InChI=1S/C16H20BNO4S/c1-15(2)16(3,4)22-17(21-15)13-9-10-14(23(18,19)20)12-8-6-5-7-11(12)13/h5-10H,1-4H3,(H2,18,19,20). The molecule has 0 saturated carbocycles. The summed E-state index contributed by atoms with van der Waals surface area (Å²) in [6.07, 6.45) is 0. The Morgan fingerprint density at radius 3 is 1.96 bits per heavy atom. The molecule has 0 spiro atoms. The van der Waals surface area contributed by atoms with E-state index in [0.29, 0.717) is 5.39 Å². The van der Waals surface area contributed by atoms with E-state index in [4.69, 9.17) is 14.4 Å². The lowest BCUT2D eigenvalue weighted by Crippen LogP contribution is -2.41. The molecule has 0 unspecified atom stereocenters. The SMILES string of the molecule is CC1(C)OB(c2ccc(S(N)(=O)=O)c3ccccc23)OC1(C)C. The fourth-order valence-electron chi connectivity index (χ4n) is 2.72. The third kappa shape index (κ3) is 2.68. The van der Waals surface area contributed by atoms with Crippen LogP contribution in [-0.4, -0.2) is 26.7 Å². The maximum atomic E-state index is 11.8. The molecule has 0 radical (unpaired) electrons. The fraction of sp³-hybridized carbons (Fsp3) is 0.375. The molecule has 1 aliphatic heterocycles. The van der Waals surface area contributed by atoms with E-state index in [9.17, 15) is 8.42 Å². The van der Waals surface area contributed by atoms with Crippen LogP contribution >= 0.6 is 0 Å². The average molecular weight is 333 g/mol. The van der Waals surface area contributed by atoms with Gasteiger partial charge >= 0.3 is 7.12 Å². The molecule has 3 rings (SSSR count). The van der Waals surface area contributed by atoms with Crippen molar-refractivity contribution in [2.24, 2.45) is 5.14 Å². The first-order valence-corrected chi connectivity index (χ1v) is 8.98. The molecule has 0 bridgehead atoms. The summed E-state index contributed by atoms with van der Waals surface area (Å²) in [6.45, 7) is 7.92. The Labute approximate surface area is 137 Å². The van der Waals surface area contributed by atoms with Crippen LogP contribution < -0.4 is 10.6 Å². The molecule has 2 aromatic rings. The minimum absolute atomic E-state index is 0.105. The van der Waals surface area contributed by atoms with Gasteiger partial charge in [0.1, 0.15) is 0 Å². The number of sulfonamides is 1. The van der Waals surface area contributed by atoms with Crippen LogP contribution in [-0.2, 0) is 19.3 Å². The molecule has 2 N–H and O–H groups in total. The number of rotatable bonds is 2. The van der Waals surface area contributed by atoms with Crippen LogP contribution in [0.15, 0.2) is 41.3 Å². The van der Waals surface area contributed by atoms with Crippen LogP contribution in [0.2, 0.25) is 0 Å². The highest BCUT2D eigenvalue weighted by Crippen LogP contribution is 2.37. The molecule has 7 heteroatoms. The first-order valence-electron chi connectivity index (χ1n) is 7.43. The summed E-state index contributed by atoms with van der Waals surface area (Å²) in [7, 11) is -4.35. The van der Waals surface area contributed by atoms with Crippen molar-refractivity contribution < 1.29 is 17.7 Å². The van der Waals surface area contributed by atoms with E-state index >= 15 is 0 Å². The topological polar surface area (TPSA) is 78.6 Å². The molecule has 1 fully saturated rings. The van der Waals surface area contributed by atoms with Crippen molar-refractivity contribution in [3.05, 3.63) is 36.4 Å². The largest absolute Gasteiger partial charge is 0.495 e. The summed E-state index contributed by atoms with van der Waals surface area (Å²) in [5.74, 6) is 0. The zero-order valence-corrected chi connectivity index (χ0v) is 14.5. The van der Waals surface area contributed by atoms with Crippen molar-refractivity contribution in [2.75, 3.05) is 0 Å². The van der Waals surface area contributed by atoms with Crippen molar-refractivity contribution in [2.45, 2.75) is 43.8 Å². The molecule has 0 atom stereocenters. The van der Waals surface area contributed by atoms with E-state index < -0.39 is 28.3 Å². The van der Waals surface area contributed by atoms with Crippen LogP contribution in [0.1, 0.15) is 27.7 Å². The van der Waals surface area contributed by atoms with Crippen molar-refractivity contribution in [1.29, 1.82) is 0 Å². The van der Waals surface area contributed by atoms with Crippen molar-refractivity contribution >= 4 is 33.4 Å². The van der Waals surface area contributed by atoms with E-state index in [2.05, 4.69) is 0 Å². The zero-order valence-electron chi connectivity index (χ0n) is 13.7. The Bertz CT molecular complexity index is 861. The van der Waals surface area contributed by atoms with Gasteiger partial charge in [0.25, 0.3) is 0 Å². The molecule has 1 aliphatic rings. The molecule has 122 valence electrons. The molecular weight excluding hydrogens is 313 g/mol. The molecule has 23 heavy (non-hydrogen) atoms. The lowest BCUT2D eigenvalue weighted by atomic mass is 9.76. The first kappa shape index (κ1) is 16.5. The molecule has 2 aromatic carbocycles. The van der Waals surface area contributed by atoms with Crippen LogP contribution in [0.3, 0.4) is 0 Å². The van der Waals surface area contributed by atoms with E-state index in [1.807, 2.05) is 39.8 Å². The third-order valence-corrected chi connectivity index (χ3v) is 5.70. The number of hydrogen-bond donors (Lipinski definition) is 1. The van der Waals surface area contributed by atoms with E-state index in [1.54, 1.807) is 18.2 Å². The van der Waals surface area contributed by atoms with Gasteiger partial charge < -0.3 is 9.31 Å². The Hall–Kier alpha value is -1.41. The van der Waals surface area contributed by atoms with Gasteiger partial charge in [-0.25, -0.2) is 13.6 Å². The van der Waals surface area contributed by atoms with Gasteiger partial charge in [-0.15, -0.1) is 0 Å². The van der Waals surface area contributed by atoms with Gasteiger partial charge in [-0.05, 0) is 44.6 Å². The highest BCUT2D eigenvalue weighted by molar-refractivity contribution is 7.89. The molecule has 5 nitrogen and oxygen atoms in total. The number of benzene rings is 2. The van der Waals surface area contributed by atoms with Crippen LogP contribution in [0.25, 0.3) is 10.8 Å². The van der Waals surface area contributed by atoms with Crippen molar-refractivity contribution in [1.82, 2.24) is 0 Å². The quantitative estimate of drug-likeness (QED) is 0.850. The summed E-state index contributed by atoms with van der Waals surface area (Å²) in [4.78, 5) is 0.105. The average Bonchev–Trinajstić information content (AvgIpc) is 2.65. The van der Waals surface area contributed by atoms with Crippen LogP contribution in [0, 0.1) is 0 Å². The number of hydrogen-bond acceptors (Lipinski definition) is 4. The van der Waals surface area contributed by atoms with Crippen LogP contribution in [0.4, 0.5) is 0 Å². The minimum atomic E-state index is -3.80. The second-order valence-corrected chi connectivity index (χ2v) is 8.36. The van der Waals surface area contributed by atoms with Gasteiger partial charge in [-0.1, -0.05) is 30.3 Å². The molecule has 1 saturated heterocycles. The second-order valence-electron chi connectivity index (χ2n) is 6.83. The summed E-state index contributed by atoms with van der Waals surface area (Å²) in [5.41, 5.74) is -0.124. The lowest BCUT2D eigenvalue weighted by molar-refractivity contribution is 0.00578. The van der Waals surface area contributed by atoms with Crippen molar-refractivity contribution in [3.63, 3.8) is 0 Å². The number of fused-ring (bicyclic) bond motifs is 1. The Morgan fingerprint density at radius 1 is 0.913 bits per heavy atom. The van der Waals surface area contributed by atoms with Gasteiger partial charge in [-0.2, -0.15) is 0 Å². The van der Waals surface area contributed by atoms with Gasteiger partial charge in [0.05, 0.1) is 16.1 Å². The Morgan fingerprint density at radius 2 is 1.43 bits per heavy atom.